The number of furan rings is 1. The van der Waals surface area contributed by atoms with Crippen molar-refractivity contribution in [3.05, 3.63) is 54.2 Å². The van der Waals surface area contributed by atoms with Crippen LogP contribution in [0.2, 0.25) is 0 Å². The molecule has 29 heavy (non-hydrogen) atoms. The smallest absolute Gasteiger partial charge is 0.311 e. The van der Waals surface area contributed by atoms with E-state index in [4.69, 9.17) is 9.15 Å². The molecule has 11 heteroatoms. The third-order valence-corrected chi connectivity index (χ3v) is 4.27. The maximum atomic E-state index is 13.8. The first-order valence-electron chi connectivity index (χ1n) is 8.52. The minimum atomic E-state index is -0.493. The quantitative estimate of drug-likeness (QED) is 0.426. The Hall–Kier alpha value is -4.15. The van der Waals surface area contributed by atoms with Crippen molar-refractivity contribution >= 4 is 22.9 Å². The lowest BCUT2D eigenvalue weighted by Gasteiger charge is -2.03. The predicted octanol–water partition coefficient (Wildman–Crippen LogP) is 1.97. The lowest BCUT2D eigenvalue weighted by atomic mass is 10.3. The van der Waals surface area contributed by atoms with Gasteiger partial charge in [0.25, 0.3) is 5.78 Å². The molecule has 0 aliphatic heterocycles. The van der Waals surface area contributed by atoms with Gasteiger partial charge in [0.05, 0.1) is 25.5 Å². The van der Waals surface area contributed by atoms with Crippen molar-refractivity contribution in [3.63, 3.8) is 0 Å². The summed E-state index contributed by atoms with van der Waals surface area (Å²) in [5, 5.41) is 17.1. The third-order valence-electron chi connectivity index (χ3n) is 4.27. The molecule has 0 unspecified atom stereocenters. The van der Waals surface area contributed by atoms with Gasteiger partial charge in [-0.2, -0.15) is 14.6 Å². The Bertz CT molecular complexity index is 1360. The molecule has 144 valence electrons. The molecular weight excluding hydrogens is 381 g/mol. The van der Waals surface area contributed by atoms with Crippen LogP contribution in [0.4, 0.5) is 4.39 Å². The fraction of sp³-hybridized carbons (Fsp3) is 0.111. The highest BCUT2D eigenvalue weighted by Gasteiger charge is 2.22. The van der Waals surface area contributed by atoms with Gasteiger partial charge in [0.1, 0.15) is 11.5 Å². The minimum Gasteiger partial charge on any atom is -0.469 e. The molecule has 10 nitrogen and oxygen atoms in total. The van der Waals surface area contributed by atoms with E-state index in [1.165, 1.54) is 34.7 Å². The maximum Gasteiger partial charge on any atom is 0.311 e. The van der Waals surface area contributed by atoms with Crippen LogP contribution in [0, 0.1) is 5.82 Å². The zero-order valence-corrected chi connectivity index (χ0v) is 15.0. The molecule has 0 saturated carbocycles. The molecule has 5 rings (SSSR count). The van der Waals surface area contributed by atoms with E-state index in [1.54, 1.807) is 24.3 Å². The number of nitrogens with zero attached hydrogens (tertiary/aromatic N) is 7. The number of fused-ring (bicyclic) bond motifs is 3. The molecule has 0 spiro atoms. The number of aromatic nitrogens is 7. The Morgan fingerprint density at radius 1 is 1.21 bits per heavy atom. The van der Waals surface area contributed by atoms with Crippen LogP contribution in [-0.4, -0.2) is 47.7 Å². The molecule has 4 heterocycles. The van der Waals surface area contributed by atoms with E-state index in [1.807, 2.05) is 0 Å². The number of halogens is 1. The van der Waals surface area contributed by atoms with Crippen LogP contribution in [0.3, 0.4) is 0 Å². The monoisotopic (exact) mass is 393 g/mol. The van der Waals surface area contributed by atoms with Gasteiger partial charge < -0.3 is 9.15 Å². The van der Waals surface area contributed by atoms with Crippen LogP contribution >= 0.6 is 0 Å². The maximum absolute atomic E-state index is 13.8. The van der Waals surface area contributed by atoms with Crippen molar-refractivity contribution in [1.82, 2.24) is 34.6 Å². The number of carbonyl (C=O) groups is 1. The second-order valence-electron chi connectivity index (χ2n) is 6.09. The summed E-state index contributed by atoms with van der Waals surface area (Å²) in [7, 11) is 1.28. The Morgan fingerprint density at radius 2 is 2.10 bits per heavy atom. The van der Waals surface area contributed by atoms with E-state index >= 15 is 0 Å². The van der Waals surface area contributed by atoms with Crippen LogP contribution in [0.1, 0.15) is 5.69 Å². The number of esters is 1. The van der Waals surface area contributed by atoms with Gasteiger partial charge in [0, 0.05) is 0 Å². The first-order valence-corrected chi connectivity index (χ1v) is 8.52. The van der Waals surface area contributed by atoms with E-state index < -0.39 is 11.8 Å². The summed E-state index contributed by atoms with van der Waals surface area (Å²) in [6.07, 6.45) is 1.38. The van der Waals surface area contributed by atoms with E-state index in [2.05, 4.69) is 25.4 Å². The average Bonchev–Trinajstić information content (AvgIpc) is 3.45. The van der Waals surface area contributed by atoms with Crippen molar-refractivity contribution in [2.75, 3.05) is 7.11 Å². The Kier molecular flexibility index (Phi) is 3.79. The first kappa shape index (κ1) is 17.0. The van der Waals surface area contributed by atoms with E-state index in [0.717, 1.165) is 0 Å². The Labute approximate surface area is 161 Å². The van der Waals surface area contributed by atoms with Gasteiger partial charge in [-0.3, -0.25) is 4.79 Å². The Morgan fingerprint density at radius 3 is 2.86 bits per heavy atom. The van der Waals surface area contributed by atoms with E-state index in [9.17, 15) is 9.18 Å². The summed E-state index contributed by atoms with van der Waals surface area (Å²) in [5.41, 5.74) is 1.45. The second kappa shape index (κ2) is 6.48. The van der Waals surface area contributed by atoms with Crippen LogP contribution in [0.25, 0.3) is 34.2 Å². The number of hydrogen-bond acceptors (Lipinski definition) is 8. The largest absolute Gasteiger partial charge is 0.469 e. The molecule has 0 aliphatic carbocycles. The summed E-state index contributed by atoms with van der Waals surface area (Å²) in [4.78, 5) is 16.1. The molecule has 1 aromatic carbocycles. The number of hydrogen-bond donors (Lipinski definition) is 0. The van der Waals surface area contributed by atoms with Gasteiger partial charge in [-0.15, -0.1) is 15.3 Å². The van der Waals surface area contributed by atoms with Crippen LogP contribution in [-0.2, 0) is 16.0 Å². The van der Waals surface area contributed by atoms with Gasteiger partial charge in [0.2, 0.25) is 5.82 Å². The molecule has 0 atom stereocenters. The van der Waals surface area contributed by atoms with Gasteiger partial charge in [-0.25, -0.2) is 9.07 Å². The van der Waals surface area contributed by atoms with Gasteiger partial charge >= 0.3 is 5.97 Å². The second-order valence-corrected chi connectivity index (χ2v) is 6.09. The van der Waals surface area contributed by atoms with Crippen molar-refractivity contribution in [1.29, 1.82) is 0 Å². The third kappa shape index (κ3) is 2.79. The molecule has 0 bridgehead atoms. The van der Waals surface area contributed by atoms with Gasteiger partial charge in [-0.1, -0.05) is 6.07 Å². The fourth-order valence-corrected chi connectivity index (χ4v) is 2.97. The zero-order chi connectivity index (χ0) is 20.0. The van der Waals surface area contributed by atoms with Crippen LogP contribution < -0.4 is 0 Å². The number of ether oxygens (including phenoxy) is 1. The average molecular weight is 393 g/mol. The van der Waals surface area contributed by atoms with Gasteiger partial charge in [-0.05, 0) is 30.3 Å². The highest BCUT2D eigenvalue weighted by molar-refractivity contribution is 5.82. The molecule has 5 aromatic rings. The number of benzene rings is 1. The number of carbonyl (C=O) groups excluding carboxylic acids is 1. The topological polar surface area (TPSA) is 113 Å². The molecular formula is C18H12FN7O3. The van der Waals surface area contributed by atoms with Gasteiger partial charge in [0.15, 0.2) is 16.9 Å². The molecule has 4 aromatic heterocycles. The standard InChI is InChI=1S/C18H12FN7O3/c1-28-14(27)9-12-15-17(25(23-12)11-5-2-4-10(19)8-11)26-18(22-21-15)20-16(24-26)13-6-3-7-29-13/h2-8H,9H2,1H3. The highest BCUT2D eigenvalue weighted by Crippen LogP contribution is 2.23. The Balaban J connectivity index is 1.81. The molecule has 0 amide bonds. The summed E-state index contributed by atoms with van der Waals surface area (Å²) in [6, 6.07) is 9.29. The molecule has 0 aliphatic rings. The lowest BCUT2D eigenvalue weighted by Crippen LogP contribution is -2.06. The summed E-state index contributed by atoms with van der Waals surface area (Å²) >= 11 is 0. The highest BCUT2D eigenvalue weighted by atomic mass is 19.1. The normalized spacial score (nSPS) is 11.4. The minimum absolute atomic E-state index is 0.130. The summed E-state index contributed by atoms with van der Waals surface area (Å²) in [6.45, 7) is 0. The number of methoxy groups -OCH3 is 1. The van der Waals surface area contributed by atoms with Crippen LogP contribution in [0.5, 0.6) is 0 Å². The fourth-order valence-electron chi connectivity index (χ4n) is 2.97. The molecule has 0 N–H and O–H groups in total. The summed E-state index contributed by atoms with van der Waals surface area (Å²) in [5.74, 6) is 0.0287. The predicted molar refractivity (Wildman–Crippen MR) is 96.6 cm³/mol. The van der Waals surface area contributed by atoms with Crippen molar-refractivity contribution in [2.45, 2.75) is 6.42 Å². The molecule has 0 radical (unpaired) electrons. The van der Waals surface area contributed by atoms with Crippen molar-refractivity contribution < 1.29 is 18.3 Å². The van der Waals surface area contributed by atoms with E-state index in [0.29, 0.717) is 34.1 Å². The lowest BCUT2D eigenvalue weighted by molar-refractivity contribution is -0.139. The first-order chi connectivity index (χ1) is 14.1. The summed E-state index contributed by atoms with van der Waals surface area (Å²) < 4.78 is 26.8. The molecule has 0 saturated heterocycles. The number of rotatable bonds is 4. The van der Waals surface area contributed by atoms with E-state index in [-0.39, 0.29) is 12.2 Å². The SMILES string of the molecule is COC(=O)Cc1nn(-c2cccc(F)c2)c2c1nnc1nc(-c3ccco3)nn12. The van der Waals surface area contributed by atoms with Crippen molar-refractivity contribution in [2.24, 2.45) is 0 Å². The van der Waals surface area contributed by atoms with Crippen LogP contribution in [0.15, 0.2) is 47.1 Å². The van der Waals surface area contributed by atoms with Crippen molar-refractivity contribution in [3.8, 4) is 17.3 Å². The molecule has 0 fully saturated rings. The zero-order valence-electron chi connectivity index (χ0n) is 15.0.